The minimum absolute atomic E-state index is 0.116. The summed E-state index contributed by atoms with van der Waals surface area (Å²) in [6.07, 6.45) is 8.00. The number of carbonyl (C=O) groups is 1. The maximum absolute atomic E-state index is 12.9. The van der Waals surface area contributed by atoms with Crippen molar-refractivity contribution in [3.8, 4) is 16.5 Å². The van der Waals surface area contributed by atoms with E-state index in [9.17, 15) is 4.79 Å². The van der Waals surface area contributed by atoms with Crippen molar-refractivity contribution in [3.63, 3.8) is 0 Å². The fourth-order valence-corrected chi connectivity index (χ4v) is 4.36. The number of thiophene rings is 1. The fourth-order valence-electron chi connectivity index (χ4n) is 3.58. The van der Waals surface area contributed by atoms with E-state index in [0.717, 1.165) is 40.4 Å². The molecule has 0 aliphatic heterocycles. The summed E-state index contributed by atoms with van der Waals surface area (Å²) in [6, 6.07) is 9.85. The van der Waals surface area contributed by atoms with Gasteiger partial charge in [0, 0.05) is 37.0 Å². The van der Waals surface area contributed by atoms with Crippen LogP contribution in [-0.2, 0) is 6.42 Å². The number of hydrogen-bond acceptors (Lipinski definition) is 6. The van der Waals surface area contributed by atoms with Gasteiger partial charge in [0.15, 0.2) is 0 Å². The van der Waals surface area contributed by atoms with Crippen LogP contribution in [0.1, 0.15) is 46.1 Å². The summed E-state index contributed by atoms with van der Waals surface area (Å²) < 4.78 is 1.74. The second-order valence-corrected chi connectivity index (χ2v) is 8.58. The third-order valence-electron chi connectivity index (χ3n) is 5.31. The van der Waals surface area contributed by atoms with Crippen LogP contribution in [0, 0.1) is 6.92 Å². The number of amides is 1. The molecule has 1 fully saturated rings. The molecule has 0 unspecified atom stereocenters. The Balaban J connectivity index is 1.40. The summed E-state index contributed by atoms with van der Waals surface area (Å²) in [7, 11) is 0. The zero-order chi connectivity index (χ0) is 21.2. The number of nitrogens with one attached hydrogen (secondary N) is 1. The molecular formula is C23H22N6OS. The summed E-state index contributed by atoms with van der Waals surface area (Å²) in [4.78, 5) is 27.6. The lowest BCUT2D eigenvalue weighted by atomic mass is 10.1. The van der Waals surface area contributed by atoms with Gasteiger partial charge in [0.2, 0.25) is 0 Å². The molecule has 1 amide bonds. The molecule has 5 rings (SSSR count). The lowest BCUT2D eigenvalue weighted by Crippen LogP contribution is -2.26. The van der Waals surface area contributed by atoms with Gasteiger partial charge >= 0.3 is 0 Å². The Kier molecular flexibility index (Phi) is 5.30. The Bertz CT molecular complexity index is 1200. The molecule has 0 radical (unpaired) electrons. The summed E-state index contributed by atoms with van der Waals surface area (Å²) in [5, 5.41) is 9.55. The van der Waals surface area contributed by atoms with Crippen LogP contribution in [-0.4, -0.2) is 37.2 Å². The highest BCUT2D eigenvalue weighted by molar-refractivity contribution is 7.13. The molecule has 0 spiro atoms. The molecule has 1 aliphatic carbocycles. The molecule has 1 aliphatic rings. The third-order valence-corrected chi connectivity index (χ3v) is 6.19. The van der Waals surface area contributed by atoms with Crippen molar-refractivity contribution in [1.82, 2.24) is 30.0 Å². The largest absolute Gasteiger partial charge is 0.352 e. The molecule has 4 heterocycles. The van der Waals surface area contributed by atoms with Gasteiger partial charge < -0.3 is 5.32 Å². The molecule has 7 nitrogen and oxygen atoms in total. The molecule has 0 saturated heterocycles. The first-order valence-corrected chi connectivity index (χ1v) is 11.2. The normalized spacial score (nSPS) is 13.3. The van der Waals surface area contributed by atoms with Gasteiger partial charge in [-0.2, -0.15) is 5.10 Å². The second kappa shape index (κ2) is 8.39. The zero-order valence-corrected chi connectivity index (χ0v) is 18.0. The Labute approximate surface area is 184 Å². The van der Waals surface area contributed by atoms with Crippen molar-refractivity contribution in [1.29, 1.82) is 0 Å². The minimum Gasteiger partial charge on any atom is -0.352 e. The molecule has 31 heavy (non-hydrogen) atoms. The van der Waals surface area contributed by atoms with Crippen molar-refractivity contribution >= 4 is 17.2 Å². The first-order valence-electron chi connectivity index (χ1n) is 10.3. The predicted octanol–water partition coefficient (Wildman–Crippen LogP) is 3.94. The van der Waals surface area contributed by atoms with Gasteiger partial charge in [-0.25, -0.2) is 14.6 Å². The van der Waals surface area contributed by atoms with Crippen molar-refractivity contribution in [2.24, 2.45) is 0 Å². The molecule has 0 atom stereocenters. The van der Waals surface area contributed by atoms with Crippen molar-refractivity contribution in [2.45, 2.75) is 32.1 Å². The molecule has 4 aromatic rings. The van der Waals surface area contributed by atoms with Crippen LogP contribution in [0.3, 0.4) is 0 Å². The van der Waals surface area contributed by atoms with Crippen LogP contribution in [0.4, 0.5) is 0 Å². The molecule has 8 heteroatoms. The summed E-state index contributed by atoms with van der Waals surface area (Å²) in [5.74, 6) is 0.701. The maximum atomic E-state index is 12.9. The maximum Gasteiger partial charge on any atom is 0.254 e. The number of aryl methyl sites for hydroxylation is 1. The van der Waals surface area contributed by atoms with E-state index in [1.807, 2.05) is 42.8 Å². The van der Waals surface area contributed by atoms with E-state index >= 15 is 0 Å². The van der Waals surface area contributed by atoms with E-state index in [1.54, 1.807) is 28.4 Å². The molecular weight excluding hydrogens is 408 g/mol. The SMILES string of the molecule is Cc1cnc(-n2ncc(C(=O)NCCc3ccccn3)c2C2CC2)nc1-c1cccs1. The molecule has 1 N–H and O–H groups in total. The van der Waals surface area contributed by atoms with E-state index in [-0.39, 0.29) is 5.91 Å². The van der Waals surface area contributed by atoms with Crippen molar-refractivity contribution in [3.05, 3.63) is 76.8 Å². The highest BCUT2D eigenvalue weighted by Crippen LogP contribution is 2.42. The van der Waals surface area contributed by atoms with E-state index in [1.165, 1.54) is 0 Å². The average molecular weight is 431 g/mol. The summed E-state index contributed by atoms with van der Waals surface area (Å²) >= 11 is 1.65. The Morgan fingerprint density at radius 2 is 2.10 bits per heavy atom. The van der Waals surface area contributed by atoms with Crippen LogP contribution >= 0.6 is 11.3 Å². The van der Waals surface area contributed by atoms with Gasteiger partial charge in [0.1, 0.15) is 0 Å². The minimum atomic E-state index is -0.116. The topological polar surface area (TPSA) is 85.6 Å². The van der Waals surface area contributed by atoms with Gasteiger partial charge in [-0.15, -0.1) is 11.3 Å². The first-order chi connectivity index (χ1) is 15.2. The molecule has 156 valence electrons. The second-order valence-electron chi connectivity index (χ2n) is 7.64. The monoisotopic (exact) mass is 430 g/mol. The number of nitrogens with zero attached hydrogens (tertiary/aromatic N) is 5. The first kappa shape index (κ1) is 19.6. The van der Waals surface area contributed by atoms with E-state index in [2.05, 4.69) is 26.4 Å². The van der Waals surface area contributed by atoms with E-state index in [4.69, 9.17) is 4.98 Å². The van der Waals surface area contributed by atoms with Crippen LogP contribution in [0.5, 0.6) is 0 Å². The van der Waals surface area contributed by atoms with Gasteiger partial charge in [-0.1, -0.05) is 12.1 Å². The molecule has 0 bridgehead atoms. The number of rotatable bonds is 7. The Morgan fingerprint density at radius 1 is 1.19 bits per heavy atom. The number of pyridine rings is 1. The molecule has 4 aromatic heterocycles. The van der Waals surface area contributed by atoms with Crippen LogP contribution in [0.15, 0.2) is 54.3 Å². The van der Waals surface area contributed by atoms with Gasteiger partial charge in [-0.05, 0) is 48.9 Å². The quantitative estimate of drug-likeness (QED) is 0.480. The standard InChI is InChI=1S/C23H22N6OS/c1-15-13-26-23(28-20(15)19-6-4-12-31-19)29-21(16-7-8-16)18(14-27-29)22(30)25-11-9-17-5-2-3-10-24-17/h2-6,10,12-14,16H,7-9,11H2,1H3,(H,25,30). The van der Waals surface area contributed by atoms with Gasteiger partial charge in [0.25, 0.3) is 11.9 Å². The van der Waals surface area contributed by atoms with E-state index < -0.39 is 0 Å². The zero-order valence-electron chi connectivity index (χ0n) is 17.2. The van der Waals surface area contributed by atoms with Gasteiger partial charge in [0.05, 0.1) is 28.0 Å². The molecule has 0 aromatic carbocycles. The fraction of sp³-hybridized carbons (Fsp3) is 0.261. The van der Waals surface area contributed by atoms with Crippen LogP contribution < -0.4 is 5.32 Å². The van der Waals surface area contributed by atoms with Crippen molar-refractivity contribution < 1.29 is 4.79 Å². The van der Waals surface area contributed by atoms with Crippen LogP contribution in [0.25, 0.3) is 16.5 Å². The third kappa shape index (κ3) is 4.11. The summed E-state index contributed by atoms with van der Waals surface area (Å²) in [5.41, 5.74) is 4.37. The number of carbonyl (C=O) groups excluding carboxylic acids is 1. The van der Waals surface area contributed by atoms with Gasteiger partial charge in [-0.3, -0.25) is 9.78 Å². The predicted molar refractivity (Wildman–Crippen MR) is 119 cm³/mol. The van der Waals surface area contributed by atoms with E-state index in [0.29, 0.717) is 30.4 Å². The Hall–Kier alpha value is -3.39. The highest BCUT2D eigenvalue weighted by atomic mass is 32.1. The molecule has 1 saturated carbocycles. The van der Waals surface area contributed by atoms with Crippen LogP contribution in [0.2, 0.25) is 0 Å². The average Bonchev–Trinajstić information content (AvgIpc) is 3.30. The highest BCUT2D eigenvalue weighted by Gasteiger charge is 2.33. The number of aromatic nitrogens is 5. The van der Waals surface area contributed by atoms with Crippen molar-refractivity contribution in [2.75, 3.05) is 6.54 Å². The lowest BCUT2D eigenvalue weighted by Gasteiger charge is -2.10. The lowest BCUT2D eigenvalue weighted by molar-refractivity contribution is 0.0953. The number of hydrogen-bond donors (Lipinski definition) is 1. The summed E-state index contributed by atoms with van der Waals surface area (Å²) in [6.45, 7) is 2.53. The smallest absolute Gasteiger partial charge is 0.254 e. The Morgan fingerprint density at radius 3 is 2.84 bits per heavy atom.